The van der Waals surface area contributed by atoms with Gasteiger partial charge in [0, 0.05) is 18.4 Å². The molecule has 0 aliphatic rings. The first-order valence-corrected chi connectivity index (χ1v) is 7.13. The van der Waals surface area contributed by atoms with Crippen molar-refractivity contribution in [3.8, 4) is 6.07 Å². The maximum Gasteiger partial charge on any atom is 0.263 e. The van der Waals surface area contributed by atoms with E-state index >= 15 is 0 Å². The van der Waals surface area contributed by atoms with Gasteiger partial charge >= 0.3 is 0 Å². The molecule has 0 unspecified atom stereocenters. The normalized spacial score (nSPS) is 10.7. The summed E-state index contributed by atoms with van der Waals surface area (Å²) in [7, 11) is 0. The highest BCUT2D eigenvalue weighted by molar-refractivity contribution is 5.97. The number of nitriles is 1. The van der Waals surface area contributed by atoms with Crippen molar-refractivity contribution in [3.05, 3.63) is 77.8 Å². The minimum Gasteiger partial charge on any atom is -0.360 e. The number of benzene rings is 2. The molecule has 0 saturated carbocycles. The summed E-state index contributed by atoms with van der Waals surface area (Å²) in [6, 6.07) is 17.3. The van der Waals surface area contributed by atoms with E-state index in [1.807, 2.05) is 36.4 Å². The number of amides is 1. The van der Waals surface area contributed by atoms with Crippen molar-refractivity contribution in [2.45, 2.75) is 6.42 Å². The summed E-state index contributed by atoms with van der Waals surface area (Å²) in [4.78, 5) is 11.9. The zero-order valence-corrected chi connectivity index (χ0v) is 12.4. The van der Waals surface area contributed by atoms with Gasteiger partial charge in [-0.2, -0.15) is 5.26 Å². The van der Waals surface area contributed by atoms with Gasteiger partial charge in [-0.1, -0.05) is 36.4 Å². The molecule has 0 saturated heterocycles. The predicted molar refractivity (Wildman–Crippen MR) is 86.9 cm³/mol. The molecule has 116 valence electrons. The van der Waals surface area contributed by atoms with Gasteiger partial charge in [-0.3, -0.25) is 4.79 Å². The molecule has 0 radical (unpaired) electrons. The summed E-state index contributed by atoms with van der Waals surface area (Å²) in [6.07, 6.45) is 1.95. The lowest BCUT2D eigenvalue weighted by Gasteiger charge is -2.05. The number of nitrogens with one attached hydrogen (secondary N) is 2. The average Bonchev–Trinajstić information content (AvgIpc) is 2.56. The molecule has 0 spiro atoms. The minimum absolute atomic E-state index is 0.0673. The van der Waals surface area contributed by atoms with E-state index in [-0.39, 0.29) is 5.57 Å². The largest absolute Gasteiger partial charge is 0.360 e. The Hall–Kier alpha value is -3.13. The smallest absolute Gasteiger partial charge is 0.263 e. The zero-order valence-electron chi connectivity index (χ0n) is 12.4. The van der Waals surface area contributed by atoms with E-state index < -0.39 is 11.7 Å². The van der Waals surface area contributed by atoms with Crippen LogP contribution in [0.2, 0.25) is 0 Å². The highest BCUT2D eigenvalue weighted by Crippen LogP contribution is 2.09. The first kappa shape index (κ1) is 16.2. The maximum absolute atomic E-state index is 13.1. The van der Waals surface area contributed by atoms with Crippen molar-refractivity contribution in [1.82, 2.24) is 5.32 Å². The van der Waals surface area contributed by atoms with Crippen molar-refractivity contribution >= 4 is 11.6 Å². The Morgan fingerprint density at radius 3 is 2.65 bits per heavy atom. The van der Waals surface area contributed by atoms with Crippen molar-refractivity contribution in [2.24, 2.45) is 0 Å². The van der Waals surface area contributed by atoms with Crippen LogP contribution in [0.4, 0.5) is 10.1 Å². The number of halogens is 1. The lowest BCUT2D eigenvalue weighted by molar-refractivity contribution is -0.117. The summed E-state index contributed by atoms with van der Waals surface area (Å²) >= 11 is 0. The second-order valence-corrected chi connectivity index (χ2v) is 4.82. The number of carbonyl (C=O) groups excluding carboxylic acids is 1. The highest BCUT2D eigenvalue weighted by atomic mass is 19.1. The summed E-state index contributed by atoms with van der Waals surface area (Å²) < 4.78 is 13.1. The second kappa shape index (κ2) is 8.35. The Balaban J connectivity index is 1.88. The first-order chi connectivity index (χ1) is 11.2. The van der Waals surface area contributed by atoms with E-state index in [1.165, 1.54) is 24.4 Å². The highest BCUT2D eigenvalue weighted by Gasteiger charge is 2.08. The molecule has 0 aromatic heterocycles. The van der Waals surface area contributed by atoms with Gasteiger partial charge in [0.2, 0.25) is 0 Å². The topological polar surface area (TPSA) is 64.9 Å². The van der Waals surface area contributed by atoms with Gasteiger partial charge in [0.1, 0.15) is 17.5 Å². The molecule has 0 heterocycles. The lowest BCUT2D eigenvalue weighted by Crippen LogP contribution is -2.27. The van der Waals surface area contributed by atoms with Crippen LogP contribution in [0.25, 0.3) is 0 Å². The fraction of sp³-hybridized carbons (Fsp3) is 0.111. The average molecular weight is 309 g/mol. The molecule has 2 aromatic carbocycles. The molecule has 2 N–H and O–H groups in total. The van der Waals surface area contributed by atoms with E-state index in [9.17, 15) is 9.18 Å². The first-order valence-electron chi connectivity index (χ1n) is 7.13. The quantitative estimate of drug-likeness (QED) is 0.637. The van der Waals surface area contributed by atoms with E-state index in [0.29, 0.717) is 18.7 Å². The Morgan fingerprint density at radius 1 is 1.17 bits per heavy atom. The Kier molecular flexibility index (Phi) is 5.89. The number of hydrogen-bond acceptors (Lipinski definition) is 3. The molecule has 0 bridgehead atoms. The van der Waals surface area contributed by atoms with E-state index in [0.717, 1.165) is 5.56 Å². The van der Waals surface area contributed by atoms with Gasteiger partial charge in [0.25, 0.3) is 5.91 Å². The molecule has 23 heavy (non-hydrogen) atoms. The fourth-order valence-electron chi connectivity index (χ4n) is 1.94. The predicted octanol–water partition coefficient (Wildman–Crippen LogP) is 3.00. The second-order valence-electron chi connectivity index (χ2n) is 4.82. The van der Waals surface area contributed by atoms with Gasteiger partial charge in [-0.25, -0.2) is 4.39 Å². The number of hydrogen-bond donors (Lipinski definition) is 2. The Labute approximate surface area is 134 Å². The van der Waals surface area contributed by atoms with Gasteiger partial charge in [0.15, 0.2) is 0 Å². The molecule has 0 aliphatic carbocycles. The van der Waals surface area contributed by atoms with Crippen LogP contribution in [-0.2, 0) is 11.2 Å². The van der Waals surface area contributed by atoms with Gasteiger partial charge in [0.05, 0.1) is 0 Å². The molecule has 1 amide bonds. The number of carbonyl (C=O) groups is 1. The molecule has 0 fully saturated rings. The lowest BCUT2D eigenvalue weighted by atomic mass is 10.1. The molecule has 2 aromatic rings. The van der Waals surface area contributed by atoms with E-state index in [4.69, 9.17) is 5.26 Å². The minimum atomic E-state index is -0.465. The standard InChI is InChI=1S/C18H16FN3O/c19-16-7-4-8-17(11-16)22-13-15(12-20)18(23)21-10-9-14-5-2-1-3-6-14/h1-8,11,13,22H,9-10H2,(H,21,23)/b15-13-. The van der Waals surface area contributed by atoms with Gasteiger partial charge in [-0.05, 0) is 30.2 Å². The zero-order chi connectivity index (χ0) is 16.5. The van der Waals surface area contributed by atoms with Crippen LogP contribution < -0.4 is 10.6 Å². The van der Waals surface area contributed by atoms with Crippen LogP contribution in [0, 0.1) is 17.1 Å². The van der Waals surface area contributed by atoms with Crippen LogP contribution in [0.5, 0.6) is 0 Å². The van der Waals surface area contributed by atoms with Crippen molar-refractivity contribution in [2.75, 3.05) is 11.9 Å². The summed E-state index contributed by atoms with van der Waals surface area (Å²) in [5, 5.41) is 14.5. The van der Waals surface area contributed by atoms with Crippen LogP contribution >= 0.6 is 0 Å². The molecular weight excluding hydrogens is 293 g/mol. The van der Waals surface area contributed by atoms with E-state index in [2.05, 4.69) is 10.6 Å². The van der Waals surface area contributed by atoms with Crippen LogP contribution in [0.15, 0.2) is 66.4 Å². The Bertz CT molecular complexity index is 735. The molecule has 2 rings (SSSR count). The molecule has 4 nitrogen and oxygen atoms in total. The van der Waals surface area contributed by atoms with Crippen molar-refractivity contribution in [3.63, 3.8) is 0 Å². The van der Waals surface area contributed by atoms with E-state index in [1.54, 1.807) is 6.07 Å². The third kappa shape index (κ3) is 5.29. The number of nitrogens with zero attached hydrogens (tertiary/aromatic N) is 1. The molecule has 5 heteroatoms. The third-order valence-corrected chi connectivity index (χ3v) is 3.11. The monoisotopic (exact) mass is 309 g/mol. The molecular formula is C18H16FN3O. The number of rotatable bonds is 6. The number of anilines is 1. The Morgan fingerprint density at radius 2 is 1.96 bits per heavy atom. The summed E-state index contributed by atoms with van der Waals surface area (Å²) in [5.41, 5.74) is 1.50. The summed E-state index contributed by atoms with van der Waals surface area (Å²) in [5.74, 6) is -0.860. The summed E-state index contributed by atoms with van der Waals surface area (Å²) in [6.45, 7) is 0.432. The van der Waals surface area contributed by atoms with Gasteiger partial charge in [-0.15, -0.1) is 0 Å². The van der Waals surface area contributed by atoms with Crippen LogP contribution in [0.3, 0.4) is 0 Å². The SMILES string of the molecule is N#C/C(=C/Nc1cccc(F)c1)C(=O)NCCc1ccccc1. The van der Waals surface area contributed by atoms with Crippen LogP contribution in [0.1, 0.15) is 5.56 Å². The molecule has 0 atom stereocenters. The van der Waals surface area contributed by atoms with Gasteiger partial charge < -0.3 is 10.6 Å². The molecule has 0 aliphatic heterocycles. The van der Waals surface area contributed by atoms with Crippen molar-refractivity contribution < 1.29 is 9.18 Å². The fourth-order valence-corrected chi connectivity index (χ4v) is 1.94. The van der Waals surface area contributed by atoms with Crippen LogP contribution in [-0.4, -0.2) is 12.5 Å². The van der Waals surface area contributed by atoms with Crippen molar-refractivity contribution in [1.29, 1.82) is 5.26 Å². The third-order valence-electron chi connectivity index (χ3n) is 3.11. The maximum atomic E-state index is 13.1.